The highest BCUT2D eigenvalue weighted by molar-refractivity contribution is 9.10. The summed E-state index contributed by atoms with van der Waals surface area (Å²) in [6.07, 6.45) is 0.798. The van der Waals surface area contributed by atoms with Crippen LogP contribution >= 0.6 is 15.9 Å². The van der Waals surface area contributed by atoms with Crippen molar-refractivity contribution in [3.63, 3.8) is 0 Å². The van der Waals surface area contributed by atoms with Crippen molar-refractivity contribution in [3.8, 4) is 5.82 Å². The molecule has 0 radical (unpaired) electrons. The van der Waals surface area contributed by atoms with E-state index in [9.17, 15) is 0 Å². The van der Waals surface area contributed by atoms with E-state index in [0.29, 0.717) is 0 Å². The lowest BCUT2D eigenvalue weighted by atomic mass is 10.4. The van der Waals surface area contributed by atoms with Gasteiger partial charge in [0.05, 0.1) is 15.9 Å². The number of nitrogens with zero attached hydrogens (tertiary/aromatic N) is 4. The summed E-state index contributed by atoms with van der Waals surface area (Å²) >= 11 is 3.54. The van der Waals surface area contributed by atoms with E-state index in [1.54, 1.807) is 0 Å². The first-order valence-corrected chi connectivity index (χ1v) is 7.20. The third-order valence-corrected chi connectivity index (χ3v) is 4.00. The highest BCUT2D eigenvalue weighted by atomic mass is 79.9. The standard InChI is InChI=1S/C13H18BrN5/c1-5-10-16-11(15-6-2)7-12(17-10)19-9(4)13(14)8(3)18-19/h7H,5-6H2,1-4H3,(H,15,16,17). The van der Waals surface area contributed by atoms with Crippen molar-refractivity contribution in [3.05, 3.63) is 27.8 Å². The van der Waals surface area contributed by atoms with Gasteiger partial charge in [0.1, 0.15) is 11.6 Å². The van der Waals surface area contributed by atoms with Gasteiger partial charge in [0.15, 0.2) is 5.82 Å². The quantitative estimate of drug-likeness (QED) is 0.939. The molecule has 0 aromatic carbocycles. The molecule has 1 N–H and O–H groups in total. The van der Waals surface area contributed by atoms with Gasteiger partial charge in [-0.2, -0.15) is 5.10 Å². The fourth-order valence-electron chi connectivity index (χ4n) is 1.87. The Morgan fingerprint density at radius 2 is 2.00 bits per heavy atom. The molecular formula is C13H18BrN5. The lowest BCUT2D eigenvalue weighted by molar-refractivity contribution is 0.783. The molecule has 0 bridgehead atoms. The van der Waals surface area contributed by atoms with E-state index in [4.69, 9.17) is 0 Å². The molecule has 0 aliphatic carbocycles. The van der Waals surface area contributed by atoms with Gasteiger partial charge in [-0.15, -0.1) is 0 Å². The second-order valence-corrected chi connectivity index (χ2v) is 5.10. The summed E-state index contributed by atoms with van der Waals surface area (Å²) in [4.78, 5) is 9.00. The number of anilines is 1. The Balaban J connectivity index is 2.54. The van der Waals surface area contributed by atoms with Crippen molar-refractivity contribution in [2.24, 2.45) is 0 Å². The SMILES string of the molecule is CCNc1cc(-n2nc(C)c(Br)c2C)nc(CC)n1. The summed E-state index contributed by atoms with van der Waals surface area (Å²) < 4.78 is 2.87. The van der Waals surface area contributed by atoms with Gasteiger partial charge in [-0.25, -0.2) is 14.6 Å². The molecule has 19 heavy (non-hydrogen) atoms. The third-order valence-electron chi connectivity index (χ3n) is 2.85. The molecule has 0 amide bonds. The maximum absolute atomic E-state index is 4.55. The van der Waals surface area contributed by atoms with E-state index in [0.717, 1.165) is 46.3 Å². The molecule has 0 saturated heterocycles. The highest BCUT2D eigenvalue weighted by Crippen LogP contribution is 2.23. The Labute approximate surface area is 121 Å². The monoisotopic (exact) mass is 323 g/mol. The van der Waals surface area contributed by atoms with Crippen molar-refractivity contribution in [2.75, 3.05) is 11.9 Å². The number of aryl methyl sites for hydroxylation is 2. The van der Waals surface area contributed by atoms with Crippen LogP contribution in [0.15, 0.2) is 10.5 Å². The number of hydrogen-bond donors (Lipinski definition) is 1. The van der Waals surface area contributed by atoms with Crippen molar-refractivity contribution in [1.29, 1.82) is 0 Å². The van der Waals surface area contributed by atoms with Crippen molar-refractivity contribution < 1.29 is 0 Å². The number of hydrogen-bond acceptors (Lipinski definition) is 4. The van der Waals surface area contributed by atoms with Gasteiger partial charge in [0.2, 0.25) is 0 Å². The Hall–Kier alpha value is -1.43. The van der Waals surface area contributed by atoms with E-state index < -0.39 is 0 Å². The first-order chi connectivity index (χ1) is 9.06. The molecule has 2 rings (SSSR count). The molecule has 2 aromatic rings. The first kappa shape index (κ1) is 14.0. The largest absolute Gasteiger partial charge is 0.370 e. The van der Waals surface area contributed by atoms with Crippen molar-refractivity contribution in [1.82, 2.24) is 19.7 Å². The molecule has 0 saturated carbocycles. The second-order valence-electron chi connectivity index (χ2n) is 4.31. The van der Waals surface area contributed by atoms with Gasteiger partial charge in [-0.3, -0.25) is 0 Å². The van der Waals surface area contributed by atoms with Gasteiger partial charge in [-0.1, -0.05) is 6.92 Å². The smallest absolute Gasteiger partial charge is 0.159 e. The molecule has 0 fully saturated rings. The average Bonchev–Trinajstić information content (AvgIpc) is 2.66. The molecule has 0 aliphatic rings. The normalized spacial score (nSPS) is 10.8. The van der Waals surface area contributed by atoms with E-state index in [-0.39, 0.29) is 0 Å². The Morgan fingerprint density at radius 3 is 2.53 bits per heavy atom. The predicted octanol–water partition coefficient (Wildman–Crippen LogP) is 3.04. The van der Waals surface area contributed by atoms with E-state index >= 15 is 0 Å². The van der Waals surface area contributed by atoms with Crippen LogP contribution in [-0.4, -0.2) is 26.3 Å². The molecule has 0 spiro atoms. The molecule has 102 valence electrons. The number of aromatic nitrogens is 4. The van der Waals surface area contributed by atoms with Crippen LogP contribution in [0.4, 0.5) is 5.82 Å². The maximum atomic E-state index is 4.55. The van der Waals surface area contributed by atoms with Crippen LogP contribution < -0.4 is 5.32 Å². The molecule has 2 aromatic heterocycles. The first-order valence-electron chi connectivity index (χ1n) is 6.40. The van der Waals surface area contributed by atoms with Crippen molar-refractivity contribution in [2.45, 2.75) is 34.1 Å². The second kappa shape index (κ2) is 5.69. The number of halogens is 1. The third kappa shape index (κ3) is 2.78. The van der Waals surface area contributed by atoms with Gasteiger partial charge >= 0.3 is 0 Å². The Morgan fingerprint density at radius 1 is 1.26 bits per heavy atom. The fraction of sp³-hybridized carbons (Fsp3) is 0.462. The minimum Gasteiger partial charge on any atom is -0.370 e. The van der Waals surface area contributed by atoms with Crippen LogP contribution in [0.5, 0.6) is 0 Å². The van der Waals surface area contributed by atoms with Gasteiger partial charge < -0.3 is 5.32 Å². The zero-order valence-corrected chi connectivity index (χ0v) is 13.2. The van der Waals surface area contributed by atoms with Gasteiger partial charge in [-0.05, 0) is 36.7 Å². The van der Waals surface area contributed by atoms with Gasteiger partial charge in [0.25, 0.3) is 0 Å². The maximum Gasteiger partial charge on any atom is 0.159 e. The molecule has 0 aliphatic heterocycles. The lowest BCUT2D eigenvalue weighted by Gasteiger charge is -2.09. The number of nitrogens with one attached hydrogen (secondary N) is 1. The Bertz CT molecular complexity index is 591. The Kier molecular flexibility index (Phi) is 4.19. The van der Waals surface area contributed by atoms with Crippen LogP contribution in [0.3, 0.4) is 0 Å². The molecule has 0 unspecified atom stereocenters. The summed E-state index contributed by atoms with van der Waals surface area (Å²) in [7, 11) is 0. The summed E-state index contributed by atoms with van der Waals surface area (Å²) in [5.74, 6) is 2.46. The summed E-state index contributed by atoms with van der Waals surface area (Å²) in [6, 6.07) is 1.93. The van der Waals surface area contributed by atoms with Crippen LogP contribution in [-0.2, 0) is 6.42 Å². The average molecular weight is 324 g/mol. The van der Waals surface area contributed by atoms with Crippen LogP contribution in [0.1, 0.15) is 31.1 Å². The van der Waals surface area contributed by atoms with E-state index in [2.05, 4.69) is 36.3 Å². The molecule has 2 heterocycles. The molecular weight excluding hydrogens is 306 g/mol. The number of rotatable bonds is 4. The molecule has 6 heteroatoms. The lowest BCUT2D eigenvalue weighted by Crippen LogP contribution is -2.09. The minimum absolute atomic E-state index is 0.798. The summed E-state index contributed by atoms with van der Waals surface area (Å²) in [5.41, 5.74) is 2.00. The van der Waals surface area contributed by atoms with Crippen LogP contribution in [0.25, 0.3) is 5.82 Å². The topological polar surface area (TPSA) is 55.6 Å². The zero-order valence-electron chi connectivity index (χ0n) is 11.7. The summed E-state index contributed by atoms with van der Waals surface area (Å²) in [5, 5.41) is 7.74. The van der Waals surface area contributed by atoms with Gasteiger partial charge in [0, 0.05) is 19.0 Å². The molecule has 5 nitrogen and oxygen atoms in total. The van der Waals surface area contributed by atoms with E-state index in [1.807, 2.05) is 38.4 Å². The fourth-order valence-corrected chi connectivity index (χ4v) is 2.12. The summed E-state index contributed by atoms with van der Waals surface area (Å²) in [6.45, 7) is 8.92. The predicted molar refractivity (Wildman–Crippen MR) is 79.9 cm³/mol. The zero-order chi connectivity index (χ0) is 14.0. The minimum atomic E-state index is 0.798. The van der Waals surface area contributed by atoms with Crippen LogP contribution in [0, 0.1) is 13.8 Å². The van der Waals surface area contributed by atoms with E-state index in [1.165, 1.54) is 0 Å². The van der Waals surface area contributed by atoms with Crippen molar-refractivity contribution >= 4 is 21.7 Å². The molecule has 0 atom stereocenters. The van der Waals surface area contributed by atoms with Crippen LogP contribution in [0.2, 0.25) is 0 Å². The highest BCUT2D eigenvalue weighted by Gasteiger charge is 2.13.